The summed E-state index contributed by atoms with van der Waals surface area (Å²) in [4.78, 5) is 4.71. The van der Waals surface area contributed by atoms with Gasteiger partial charge in [-0.3, -0.25) is 9.80 Å². The molecule has 1 aliphatic rings. The van der Waals surface area contributed by atoms with Crippen molar-refractivity contribution < 1.29 is 1.37 Å². The van der Waals surface area contributed by atoms with E-state index in [0.29, 0.717) is 13.1 Å². The predicted octanol–water partition coefficient (Wildman–Crippen LogP) is 1.87. The minimum Gasteiger partial charge on any atom is -0.286 e. The molecule has 0 unspecified atom stereocenters. The van der Waals surface area contributed by atoms with E-state index in [2.05, 4.69) is 48.2 Å². The van der Waals surface area contributed by atoms with E-state index in [1.54, 1.807) is 0 Å². The lowest BCUT2D eigenvalue weighted by atomic mass is 10.1. The van der Waals surface area contributed by atoms with E-state index >= 15 is 0 Å². The first-order valence-corrected chi connectivity index (χ1v) is 5.01. The van der Waals surface area contributed by atoms with Crippen LogP contribution in [0.5, 0.6) is 0 Å². The quantitative estimate of drug-likeness (QED) is 0.668. The molecule has 0 radical (unpaired) electrons. The number of aryl methyl sites for hydroxylation is 1. The maximum Gasteiger partial charge on any atom is 0.0882 e. The third-order valence-corrected chi connectivity index (χ3v) is 2.92. The number of hydrogen-bond donors (Lipinski definition) is 0. The Morgan fingerprint density at radius 2 is 1.71 bits per heavy atom. The Morgan fingerprint density at radius 3 is 2.21 bits per heavy atom. The molecule has 2 nitrogen and oxygen atoms in total. The first kappa shape index (κ1) is 8.45. The Morgan fingerprint density at radius 1 is 1.14 bits per heavy atom. The molecule has 0 spiro atoms. The fraction of sp³-hybridized carbons (Fsp3) is 0.500. The molecule has 0 atom stereocenters. The van der Waals surface area contributed by atoms with Gasteiger partial charge in [-0.25, -0.2) is 0 Å². The number of hydrogen-bond acceptors (Lipinski definition) is 2. The van der Waals surface area contributed by atoms with E-state index in [1.807, 2.05) is 0 Å². The van der Waals surface area contributed by atoms with E-state index in [4.69, 9.17) is 1.37 Å². The lowest BCUT2D eigenvalue weighted by molar-refractivity contribution is 0.190. The van der Waals surface area contributed by atoms with Crippen LogP contribution in [0.2, 0.25) is 0 Å². The van der Waals surface area contributed by atoms with Crippen molar-refractivity contribution in [1.29, 1.82) is 0 Å². The van der Waals surface area contributed by atoms with Crippen LogP contribution in [-0.4, -0.2) is 37.0 Å². The van der Waals surface area contributed by atoms with E-state index in [9.17, 15) is 0 Å². The molecule has 2 heteroatoms. The van der Waals surface area contributed by atoms with Gasteiger partial charge in [-0.05, 0) is 26.6 Å². The summed E-state index contributed by atoms with van der Waals surface area (Å²) >= 11 is 0. The Kier molecular flexibility index (Phi) is 2.24. The molecule has 1 fully saturated rings. The monoisotopic (exact) mass is 191 g/mol. The average molecular weight is 191 g/mol. The number of nitrogens with zero attached hydrogens (tertiary/aromatic N) is 2. The lowest BCUT2D eigenvalue weighted by Crippen LogP contribution is -2.25. The van der Waals surface area contributed by atoms with Gasteiger partial charge >= 0.3 is 0 Å². The van der Waals surface area contributed by atoms with Crippen LogP contribution in [0, 0.1) is 6.90 Å². The summed E-state index contributed by atoms with van der Waals surface area (Å²) in [5, 5.41) is 0. The van der Waals surface area contributed by atoms with Gasteiger partial charge in [0.1, 0.15) is 0 Å². The summed E-state index contributed by atoms with van der Waals surface area (Å²) in [6.07, 6.45) is 0.407. The Balaban J connectivity index is 2.21. The van der Waals surface area contributed by atoms with Gasteiger partial charge in [-0.1, -0.05) is 29.8 Å². The van der Waals surface area contributed by atoms with Gasteiger partial charge in [0.2, 0.25) is 0 Å². The second-order valence-corrected chi connectivity index (χ2v) is 4.08. The van der Waals surface area contributed by atoms with Crippen LogP contribution in [0.3, 0.4) is 0 Å². The molecular weight excluding hydrogens is 172 g/mol. The first-order chi connectivity index (χ1) is 7.22. The molecular formula is C12H18N2. The van der Waals surface area contributed by atoms with E-state index in [0.717, 1.165) is 18.7 Å². The molecule has 0 bridgehead atoms. The molecule has 0 saturated carbocycles. The highest BCUT2D eigenvalue weighted by molar-refractivity contribution is 5.24. The molecule has 0 N–H and O–H groups in total. The minimum atomic E-state index is 0.372. The van der Waals surface area contributed by atoms with Crippen LogP contribution in [0.15, 0.2) is 24.3 Å². The zero-order valence-electron chi connectivity index (χ0n) is 9.90. The zero-order chi connectivity index (χ0) is 10.8. The van der Waals surface area contributed by atoms with Crippen LogP contribution in [0.4, 0.5) is 0 Å². The van der Waals surface area contributed by atoms with Gasteiger partial charge in [-0.2, -0.15) is 0 Å². The zero-order valence-corrected chi connectivity index (χ0v) is 8.90. The molecule has 1 heterocycles. The molecule has 2 rings (SSSR count). The summed E-state index contributed by atoms with van der Waals surface area (Å²) in [5.74, 6) is 0. The summed E-state index contributed by atoms with van der Waals surface area (Å²) in [7, 11) is 4.32. The van der Waals surface area contributed by atoms with E-state index in [1.165, 1.54) is 5.56 Å². The number of likely N-dealkylation sites (N-methyl/N-ethyl adjacent to an activating group) is 2. The molecule has 0 aliphatic carbocycles. The van der Waals surface area contributed by atoms with Gasteiger partial charge in [-0.15, -0.1) is 0 Å². The Hall–Kier alpha value is -0.860. The normalized spacial score (nSPS) is 21.4. The van der Waals surface area contributed by atoms with Crippen molar-refractivity contribution in [3.63, 3.8) is 0 Å². The van der Waals surface area contributed by atoms with Gasteiger partial charge in [0, 0.05) is 14.5 Å². The highest BCUT2D eigenvalue weighted by Gasteiger charge is 2.27. The molecule has 14 heavy (non-hydrogen) atoms. The van der Waals surface area contributed by atoms with Crippen LogP contribution in [-0.2, 0) is 0 Å². The molecule has 1 aromatic rings. The molecule has 76 valence electrons. The van der Waals surface area contributed by atoms with Crippen molar-refractivity contribution in [1.82, 2.24) is 9.80 Å². The fourth-order valence-corrected chi connectivity index (χ4v) is 2.10. The first-order valence-electron chi connectivity index (χ1n) is 5.71. The second-order valence-electron chi connectivity index (χ2n) is 4.08. The molecule has 1 saturated heterocycles. The summed E-state index contributed by atoms with van der Waals surface area (Å²) in [5.41, 5.74) is 2.41. The third kappa shape index (κ3) is 1.68. The molecule has 0 aromatic heterocycles. The summed E-state index contributed by atoms with van der Waals surface area (Å²) in [6.45, 7) is 2.62. The van der Waals surface area contributed by atoms with Gasteiger partial charge < -0.3 is 0 Å². The topological polar surface area (TPSA) is 6.48 Å². The van der Waals surface area contributed by atoms with Crippen molar-refractivity contribution in [3.8, 4) is 0 Å². The standard InChI is InChI=1S/C12H18N2/c1-10-4-6-11(7-5-10)12-13(2)8-9-14(12)3/h4-7,12H,8-9H2,1-3H3/i1D. The van der Waals surface area contributed by atoms with E-state index in [-0.39, 0.29) is 0 Å². The number of rotatable bonds is 1. The number of benzene rings is 1. The van der Waals surface area contributed by atoms with Crippen LogP contribution in [0.1, 0.15) is 18.7 Å². The molecule has 1 aliphatic heterocycles. The van der Waals surface area contributed by atoms with E-state index < -0.39 is 0 Å². The van der Waals surface area contributed by atoms with Crippen molar-refractivity contribution in [2.75, 3.05) is 27.2 Å². The van der Waals surface area contributed by atoms with Crippen LogP contribution < -0.4 is 0 Å². The minimum absolute atomic E-state index is 0.372. The van der Waals surface area contributed by atoms with Gasteiger partial charge in [0.25, 0.3) is 0 Å². The largest absolute Gasteiger partial charge is 0.286 e. The fourth-order valence-electron chi connectivity index (χ4n) is 2.10. The van der Waals surface area contributed by atoms with Crippen molar-refractivity contribution in [2.24, 2.45) is 0 Å². The maximum atomic E-state index is 7.28. The van der Waals surface area contributed by atoms with Crippen molar-refractivity contribution in [2.45, 2.75) is 13.1 Å². The third-order valence-electron chi connectivity index (χ3n) is 2.92. The smallest absolute Gasteiger partial charge is 0.0882 e. The summed E-state index contributed by atoms with van der Waals surface area (Å²) < 4.78 is 7.28. The van der Waals surface area contributed by atoms with Crippen LogP contribution >= 0.6 is 0 Å². The lowest BCUT2D eigenvalue weighted by Gasteiger charge is -2.25. The maximum absolute atomic E-state index is 7.28. The molecule has 0 amide bonds. The van der Waals surface area contributed by atoms with Crippen molar-refractivity contribution in [3.05, 3.63) is 35.4 Å². The Bertz CT molecular complexity index is 313. The van der Waals surface area contributed by atoms with Crippen LogP contribution in [0.25, 0.3) is 0 Å². The average Bonchev–Trinajstić information content (AvgIpc) is 2.59. The SMILES string of the molecule is [2H]Cc1ccc(C2N(C)CCN2C)cc1. The Labute approximate surface area is 87.5 Å². The van der Waals surface area contributed by atoms with Gasteiger partial charge in [0.05, 0.1) is 6.17 Å². The highest BCUT2D eigenvalue weighted by atomic mass is 15.4. The highest BCUT2D eigenvalue weighted by Crippen LogP contribution is 2.26. The predicted molar refractivity (Wildman–Crippen MR) is 59.2 cm³/mol. The van der Waals surface area contributed by atoms with Gasteiger partial charge in [0.15, 0.2) is 0 Å². The summed E-state index contributed by atoms with van der Waals surface area (Å²) in [6, 6.07) is 8.41. The van der Waals surface area contributed by atoms with Crippen molar-refractivity contribution >= 4 is 0 Å². The second kappa shape index (κ2) is 3.71. The molecule has 1 aromatic carbocycles.